The van der Waals surface area contributed by atoms with E-state index in [-0.39, 0.29) is 0 Å². The first kappa shape index (κ1) is 15.1. The minimum Gasteiger partial charge on any atom is -0.456 e. The zero-order valence-electron chi connectivity index (χ0n) is 12.5. The molecule has 0 aliphatic rings. The molecule has 1 atom stereocenters. The monoisotopic (exact) mass is 280 g/mol. The van der Waals surface area contributed by atoms with Gasteiger partial charge in [0.25, 0.3) is 0 Å². The number of rotatable bonds is 6. The fraction of sp³-hybridized carbons (Fsp3) is 0.278. The highest BCUT2D eigenvalue weighted by atomic mass is 16.5. The molecule has 0 spiro atoms. The Labute approximate surface area is 126 Å². The standard InChI is InChI=1S/C18H20N2O/c1-3-17(20-4-2)14-9-11-16(12-10-14)21-18-8-6-5-7-15(18)13-19/h5-12,17,20H,3-4H2,1-2H3. The highest BCUT2D eigenvalue weighted by Gasteiger charge is 2.08. The second-order valence-electron chi connectivity index (χ2n) is 4.80. The Morgan fingerprint density at radius 1 is 1.10 bits per heavy atom. The van der Waals surface area contributed by atoms with E-state index in [9.17, 15) is 0 Å². The summed E-state index contributed by atoms with van der Waals surface area (Å²) in [4.78, 5) is 0. The summed E-state index contributed by atoms with van der Waals surface area (Å²) in [6.45, 7) is 5.23. The van der Waals surface area contributed by atoms with E-state index in [2.05, 4.69) is 37.4 Å². The molecule has 0 aromatic heterocycles. The second-order valence-corrected chi connectivity index (χ2v) is 4.80. The first-order valence-electron chi connectivity index (χ1n) is 7.28. The van der Waals surface area contributed by atoms with Crippen LogP contribution in [-0.4, -0.2) is 6.54 Å². The first-order valence-corrected chi connectivity index (χ1v) is 7.28. The van der Waals surface area contributed by atoms with E-state index in [0.29, 0.717) is 17.4 Å². The lowest BCUT2D eigenvalue weighted by Crippen LogP contribution is -2.19. The molecule has 1 unspecified atom stereocenters. The van der Waals surface area contributed by atoms with Crippen molar-refractivity contribution in [1.29, 1.82) is 5.26 Å². The van der Waals surface area contributed by atoms with Crippen LogP contribution in [0.1, 0.15) is 37.4 Å². The number of nitriles is 1. The molecule has 2 aromatic rings. The summed E-state index contributed by atoms with van der Waals surface area (Å²) in [6.07, 6.45) is 1.05. The molecule has 0 radical (unpaired) electrons. The van der Waals surface area contributed by atoms with Crippen molar-refractivity contribution in [2.45, 2.75) is 26.3 Å². The zero-order valence-corrected chi connectivity index (χ0v) is 12.5. The molecule has 0 amide bonds. The highest BCUT2D eigenvalue weighted by Crippen LogP contribution is 2.26. The van der Waals surface area contributed by atoms with Gasteiger partial charge < -0.3 is 10.1 Å². The van der Waals surface area contributed by atoms with Gasteiger partial charge in [-0.15, -0.1) is 0 Å². The van der Waals surface area contributed by atoms with Crippen molar-refractivity contribution in [2.75, 3.05) is 6.54 Å². The van der Waals surface area contributed by atoms with Crippen LogP contribution < -0.4 is 10.1 Å². The lowest BCUT2D eigenvalue weighted by atomic mass is 10.0. The van der Waals surface area contributed by atoms with Crippen LogP contribution in [0.15, 0.2) is 48.5 Å². The molecule has 3 nitrogen and oxygen atoms in total. The van der Waals surface area contributed by atoms with Crippen molar-refractivity contribution < 1.29 is 4.74 Å². The second kappa shape index (κ2) is 7.47. The molecule has 21 heavy (non-hydrogen) atoms. The summed E-state index contributed by atoms with van der Waals surface area (Å²) >= 11 is 0. The Balaban J connectivity index is 2.14. The maximum atomic E-state index is 9.07. The molecule has 1 N–H and O–H groups in total. The van der Waals surface area contributed by atoms with Gasteiger partial charge in [-0.2, -0.15) is 5.26 Å². The maximum Gasteiger partial charge on any atom is 0.145 e. The van der Waals surface area contributed by atoms with Gasteiger partial charge in [-0.1, -0.05) is 38.1 Å². The van der Waals surface area contributed by atoms with E-state index in [4.69, 9.17) is 10.00 Å². The summed E-state index contributed by atoms with van der Waals surface area (Å²) in [5.74, 6) is 1.33. The largest absolute Gasteiger partial charge is 0.456 e. The Bertz CT molecular complexity index is 614. The smallest absolute Gasteiger partial charge is 0.145 e. The van der Waals surface area contributed by atoms with Gasteiger partial charge in [-0.25, -0.2) is 0 Å². The summed E-state index contributed by atoms with van der Waals surface area (Å²) < 4.78 is 5.79. The zero-order chi connectivity index (χ0) is 15.1. The molecule has 0 aliphatic carbocycles. The molecule has 0 saturated carbocycles. The van der Waals surface area contributed by atoms with Crippen LogP contribution in [0.2, 0.25) is 0 Å². The van der Waals surface area contributed by atoms with Crippen LogP contribution in [-0.2, 0) is 0 Å². The Morgan fingerprint density at radius 3 is 2.43 bits per heavy atom. The van der Waals surface area contributed by atoms with Gasteiger partial charge in [0.05, 0.1) is 5.56 Å². The summed E-state index contributed by atoms with van der Waals surface area (Å²) in [6, 6.07) is 17.8. The molecule has 0 fully saturated rings. The van der Waals surface area contributed by atoms with Gasteiger partial charge >= 0.3 is 0 Å². The number of ether oxygens (including phenoxy) is 1. The minimum absolute atomic E-state index is 0.371. The molecule has 0 aliphatic heterocycles. The van der Waals surface area contributed by atoms with Gasteiger partial charge in [0.15, 0.2) is 0 Å². The minimum atomic E-state index is 0.371. The van der Waals surface area contributed by atoms with Crippen molar-refractivity contribution in [1.82, 2.24) is 5.32 Å². The number of hydrogen-bond acceptors (Lipinski definition) is 3. The van der Waals surface area contributed by atoms with E-state index in [1.54, 1.807) is 12.1 Å². The van der Waals surface area contributed by atoms with Crippen LogP contribution in [0.25, 0.3) is 0 Å². The van der Waals surface area contributed by atoms with Crippen LogP contribution >= 0.6 is 0 Å². The molecule has 108 valence electrons. The summed E-state index contributed by atoms with van der Waals surface area (Å²) in [5, 5.41) is 12.5. The predicted molar refractivity (Wildman–Crippen MR) is 84.4 cm³/mol. The quantitative estimate of drug-likeness (QED) is 0.852. The Kier molecular flexibility index (Phi) is 5.36. The average Bonchev–Trinajstić information content (AvgIpc) is 2.54. The lowest BCUT2D eigenvalue weighted by molar-refractivity contribution is 0.479. The number of hydrogen-bond donors (Lipinski definition) is 1. The number of benzene rings is 2. The van der Waals surface area contributed by atoms with Crippen molar-refractivity contribution in [2.24, 2.45) is 0 Å². The lowest BCUT2D eigenvalue weighted by Gasteiger charge is -2.16. The number of nitrogens with zero attached hydrogens (tertiary/aromatic N) is 1. The van der Waals surface area contributed by atoms with Gasteiger partial charge in [-0.3, -0.25) is 0 Å². The van der Waals surface area contributed by atoms with Gasteiger partial charge in [0.2, 0.25) is 0 Å². The fourth-order valence-electron chi connectivity index (χ4n) is 2.29. The molecule has 0 saturated heterocycles. The highest BCUT2D eigenvalue weighted by molar-refractivity contribution is 5.45. The van der Waals surface area contributed by atoms with E-state index in [0.717, 1.165) is 18.7 Å². The van der Waals surface area contributed by atoms with Crippen molar-refractivity contribution in [3.8, 4) is 17.6 Å². The average molecular weight is 280 g/mol. The van der Waals surface area contributed by atoms with Crippen LogP contribution in [0.4, 0.5) is 0 Å². The van der Waals surface area contributed by atoms with Gasteiger partial charge in [0.1, 0.15) is 17.6 Å². The first-order chi connectivity index (χ1) is 10.3. The third-order valence-corrected chi connectivity index (χ3v) is 3.38. The molecule has 3 heteroatoms. The summed E-state index contributed by atoms with van der Waals surface area (Å²) in [5.41, 5.74) is 1.79. The van der Waals surface area contributed by atoms with Gasteiger partial charge in [0, 0.05) is 6.04 Å². The van der Waals surface area contributed by atoms with Crippen molar-refractivity contribution >= 4 is 0 Å². The Morgan fingerprint density at radius 2 is 1.81 bits per heavy atom. The molecule has 2 aromatic carbocycles. The number of para-hydroxylation sites is 1. The normalized spacial score (nSPS) is 11.7. The maximum absolute atomic E-state index is 9.07. The SMILES string of the molecule is CCNC(CC)c1ccc(Oc2ccccc2C#N)cc1. The number of nitrogens with one attached hydrogen (secondary N) is 1. The molecule has 0 heterocycles. The van der Waals surface area contributed by atoms with Crippen LogP contribution in [0.5, 0.6) is 11.5 Å². The van der Waals surface area contributed by atoms with Crippen molar-refractivity contribution in [3.05, 3.63) is 59.7 Å². The predicted octanol–water partition coefficient (Wildman–Crippen LogP) is 4.41. The Hall–Kier alpha value is -2.31. The summed E-state index contributed by atoms with van der Waals surface area (Å²) in [7, 11) is 0. The van der Waals surface area contributed by atoms with Crippen LogP contribution in [0.3, 0.4) is 0 Å². The topological polar surface area (TPSA) is 45.0 Å². The van der Waals surface area contributed by atoms with Crippen LogP contribution in [0, 0.1) is 11.3 Å². The van der Waals surface area contributed by atoms with E-state index >= 15 is 0 Å². The fourth-order valence-corrected chi connectivity index (χ4v) is 2.29. The van der Waals surface area contributed by atoms with E-state index in [1.165, 1.54) is 5.56 Å². The van der Waals surface area contributed by atoms with Crippen molar-refractivity contribution in [3.63, 3.8) is 0 Å². The van der Waals surface area contributed by atoms with E-state index in [1.807, 2.05) is 24.3 Å². The molecular weight excluding hydrogens is 260 g/mol. The third-order valence-electron chi connectivity index (χ3n) is 3.38. The van der Waals surface area contributed by atoms with Gasteiger partial charge in [-0.05, 0) is 42.8 Å². The van der Waals surface area contributed by atoms with E-state index < -0.39 is 0 Å². The molecule has 0 bridgehead atoms. The molecule has 2 rings (SSSR count). The molecular formula is C18H20N2O. The third kappa shape index (κ3) is 3.84.